The molecule has 96 valence electrons. The topological polar surface area (TPSA) is 69.7 Å². The molecule has 1 fully saturated rings. The number of rotatable bonds is 3. The lowest BCUT2D eigenvalue weighted by molar-refractivity contribution is -0.161. The Morgan fingerprint density at radius 3 is 2.41 bits per heavy atom. The van der Waals surface area contributed by atoms with Gasteiger partial charge in [0.15, 0.2) is 12.4 Å². The van der Waals surface area contributed by atoms with Crippen LogP contribution in [0, 0.1) is 10.8 Å². The van der Waals surface area contributed by atoms with Gasteiger partial charge in [-0.1, -0.05) is 0 Å². The van der Waals surface area contributed by atoms with Crippen molar-refractivity contribution in [2.45, 2.75) is 34.1 Å². The van der Waals surface area contributed by atoms with Gasteiger partial charge in [0.2, 0.25) is 0 Å². The van der Waals surface area contributed by atoms with Crippen molar-refractivity contribution in [2.75, 3.05) is 13.2 Å². The molecular formula is C12H18O5. The van der Waals surface area contributed by atoms with Crippen molar-refractivity contribution in [3.05, 3.63) is 0 Å². The Morgan fingerprint density at radius 2 is 2.00 bits per heavy atom. The normalized spacial score (nSPS) is 24.4. The quantitative estimate of drug-likeness (QED) is 0.547. The summed E-state index contributed by atoms with van der Waals surface area (Å²) in [4.78, 5) is 34.7. The maximum absolute atomic E-state index is 11.8. The third-order valence-corrected chi connectivity index (χ3v) is 2.85. The van der Waals surface area contributed by atoms with Gasteiger partial charge in [-0.15, -0.1) is 0 Å². The molecule has 0 aromatic carbocycles. The Morgan fingerprint density at radius 1 is 1.41 bits per heavy atom. The van der Waals surface area contributed by atoms with E-state index in [0.29, 0.717) is 6.42 Å². The van der Waals surface area contributed by atoms with Crippen molar-refractivity contribution in [1.29, 1.82) is 0 Å². The van der Waals surface area contributed by atoms with Crippen LogP contribution in [0.25, 0.3) is 0 Å². The molecule has 1 aliphatic heterocycles. The molecule has 1 heterocycles. The third kappa shape index (κ3) is 2.84. The Bertz CT molecular complexity index is 352. The zero-order chi connectivity index (χ0) is 13.3. The van der Waals surface area contributed by atoms with Gasteiger partial charge in [-0.05, 0) is 27.7 Å². The molecule has 0 radical (unpaired) electrons. The Labute approximate surface area is 100 Å². The van der Waals surface area contributed by atoms with Crippen molar-refractivity contribution in [3.63, 3.8) is 0 Å². The predicted molar refractivity (Wildman–Crippen MR) is 59.1 cm³/mol. The minimum Gasteiger partial charge on any atom is -0.465 e. The lowest BCUT2D eigenvalue weighted by atomic mass is 9.84. The molecule has 1 atom stereocenters. The zero-order valence-electron chi connectivity index (χ0n) is 10.7. The van der Waals surface area contributed by atoms with Gasteiger partial charge in [-0.3, -0.25) is 14.4 Å². The highest BCUT2D eigenvalue weighted by Gasteiger charge is 2.46. The standard InChI is InChI=1S/C12H18O5/c1-11(2,3)9(14)17-7-8(13)12(4)5-6-16-10(12)15/h5-7H2,1-4H3. The molecule has 0 aromatic heterocycles. The van der Waals surface area contributed by atoms with Crippen LogP contribution in [0.2, 0.25) is 0 Å². The van der Waals surface area contributed by atoms with Crippen LogP contribution in [0.4, 0.5) is 0 Å². The third-order valence-electron chi connectivity index (χ3n) is 2.85. The highest BCUT2D eigenvalue weighted by molar-refractivity contribution is 6.05. The molecule has 5 nitrogen and oxygen atoms in total. The van der Waals surface area contributed by atoms with Crippen LogP contribution < -0.4 is 0 Å². The van der Waals surface area contributed by atoms with Gasteiger partial charge in [0.05, 0.1) is 12.0 Å². The average molecular weight is 242 g/mol. The summed E-state index contributed by atoms with van der Waals surface area (Å²) in [5.41, 5.74) is -1.81. The lowest BCUT2D eigenvalue weighted by Crippen LogP contribution is -2.37. The van der Waals surface area contributed by atoms with E-state index in [2.05, 4.69) is 0 Å². The van der Waals surface area contributed by atoms with E-state index < -0.39 is 28.6 Å². The molecule has 1 rings (SSSR count). The van der Waals surface area contributed by atoms with Crippen LogP contribution in [0.3, 0.4) is 0 Å². The molecule has 0 aromatic rings. The molecule has 1 aliphatic rings. The first-order chi connectivity index (χ1) is 7.68. The second-order valence-electron chi connectivity index (χ2n) is 5.47. The van der Waals surface area contributed by atoms with E-state index in [1.165, 1.54) is 6.92 Å². The van der Waals surface area contributed by atoms with Crippen molar-refractivity contribution in [2.24, 2.45) is 10.8 Å². The smallest absolute Gasteiger partial charge is 0.319 e. The fourth-order valence-corrected chi connectivity index (χ4v) is 1.37. The summed E-state index contributed by atoms with van der Waals surface area (Å²) in [5, 5.41) is 0. The molecule has 0 N–H and O–H groups in total. The van der Waals surface area contributed by atoms with E-state index in [4.69, 9.17) is 9.47 Å². The first kappa shape index (κ1) is 13.7. The molecule has 17 heavy (non-hydrogen) atoms. The number of hydrogen-bond acceptors (Lipinski definition) is 5. The molecule has 1 saturated heterocycles. The maximum atomic E-state index is 11.8. The highest BCUT2D eigenvalue weighted by Crippen LogP contribution is 2.30. The number of ether oxygens (including phenoxy) is 2. The number of esters is 2. The van der Waals surface area contributed by atoms with Crippen LogP contribution in [-0.4, -0.2) is 30.9 Å². The molecule has 0 amide bonds. The number of hydrogen-bond donors (Lipinski definition) is 0. The van der Waals surface area contributed by atoms with Gasteiger partial charge in [0.1, 0.15) is 5.41 Å². The molecule has 0 spiro atoms. The molecule has 0 bridgehead atoms. The average Bonchev–Trinajstić information content (AvgIpc) is 2.55. The molecule has 0 aliphatic carbocycles. The summed E-state index contributed by atoms with van der Waals surface area (Å²) in [7, 11) is 0. The Hall–Kier alpha value is -1.39. The highest BCUT2D eigenvalue weighted by atomic mass is 16.5. The summed E-state index contributed by atoms with van der Waals surface area (Å²) in [6.45, 7) is 6.49. The second-order valence-corrected chi connectivity index (χ2v) is 5.47. The lowest BCUT2D eigenvalue weighted by Gasteiger charge is -2.20. The van der Waals surface area contributed by atoms with E-state index in [0.717, 1.165) is 0 Å². The minimum absolute atomic E-state index is 0.244. The van der Waals surface area contributed by atoms with Crippen molar-refractivity contribution < 1.29 is 23.9 Å². The Kier molecular flexibility index (Phi) is 3.59. The van der Waals surface area contributed by atoms with Crippen LogP contribution >= 0.6 is 0 Å². The van der Waals surface area contributed by atoms with Crippen molar-refractivity contribution >= 4 is 17.7 Å². The summed E-state index contributed by atoms with van der Waals surface area (Å²) in [5.74, 6) is -1.40. The van der Waals surface area contributed by atoms with Crippen molar-refractivity contribution in [1.82, 2.24) is 0 Å². The first-order valence-corrected chi connectivity index (χ1v) is 5.56. The van der Waals surface area contributed by atoms with Gasteiger partial charge in [0.25, 0.3) is 0 Å². The number of carbonyl (C=O) groups excluding carboxylic acids is 3. The van der Waals surface area contributed by atoms with Gasteiger partial charge in [-0.2, -0.15) is 0 Å². The van der Waals surface area contributed by atoms with Gasteiger partial charge < -0.3 is 9.47 Å². The summed E-state index contributed by atoms with van der Waals surface area (Å²) in [6, 6.07) is 0. The van der Waals surface area contributed by atoms with E-state index >= 15 is 0 Å². The van der Waals surface area contributed by atoms with Crippen LogP contribution in [0.15, 0.2) is 0 Å². The monoisotopic (exact) mass is 242 g/mol. The fourth-order valence-electron chi connectivity index (χ4n) is 1.37. The molecule has 0 saturated carbocycles. The second kappa shape index (κ2) is 4.47. The summed E-state index contributed by atoms with van der Waals surface area (Å²) >= 11 is 0. The number of Topliss-reactive ketones (excluding diaryl/α,β-unsaturated/α-hetero) is 1. The number of carbonyl (C=O) groups is 3. The minimum atomic E-state index is -1.15. The van der Waals surface area contributed by atoms with Crippen LogP contribution in [-0.2, 0) is 23.9 Å². The van der Waals surface area contributed by atoms with E-state index in [9.17, 15) is 14.4 Å². The first-order valence-electron chi connectivity index (χ1n) is 5.56. The van der Waals surface area contributed by atoms with Gasteiger partial charge in [-0.25, -0.2) is 0 Å². The zero-order valence-corrected chi connectivity index (χ0v) is 10.7. The van der Waals surface area contributed by atoms with Gasteiger partial charge >= 0.3 is 11.9 Å². The van der Waals surface area contributed by atoms with Crippen LogP contribution in [0.5, 0.6) is 0 Å². The predicted octanol–water partition coefficient (Wildman–Crippen LogP) is 1.10. The molecule has 5 heteroatoms. The van der Waals surface area contributed by atoms with E-state index in [1.807, 2.05) is 0 Å². The largest absolute Gasteiger partial charge is 0.465 e. The van der Waals surface area contributed by atoms with Crippen LogP contribution in [0.1, 0.15) is 34.1 Å². The Balaban J connectivity index is 2.57. The van der Waals surface area contributed by atoms with E-state index in [-0.39, 0.29) is 13.2 Å². The van der Waals surface area contributed by atoms with Gasteiger partial charge in [0, 0.05) is 6.42 Å². The molecular weight excluding hydrogens is 224 g/mol. The molecule has 1 unspecified atom stereocenters. The van der Waals surface area contributed by atoms with Crippen molar-refractivity contribution in [3.8, 4) is 0 Å². The summed E-state index contributed by atoms with van der Waals surface area (Å²) in [6.07, 6.45) is 0.345. The van der Waals surface area contributed by atoms with E-state index in [1.54, 1.807) is 20.8 Å². The summed E-state index contributed by atoms with van der Waals surface area (Å²) < 4.78 is 9.66. The number of cyclic esters (lactones) is 1. The fraction of sp³-hybridized carbons (Fsp3) is 0.750. The number of ketones is 1. The maximum Gasteiger partial charge on any atom is 0.319 e. The SMILES string of the molecule is CC(C)(C)C(=O)OCC(=O)C1(C)CCOC1=O.